The van der Waals surface area contributed by atoms with Crippen LogP contribution in [0, 0.1) is 6.92 Å². The Kier molecular flexibility index (Phi) is 4.63. The average Bonchev–Trinajstić information content (AvgIpc) is 3.19. The highest BCUT2D eigenvalue weighted by Gasteiger charge is 2.16. The molecule has 4 aromatic rings. The quantitative estimate of drug-likeness (QED) is 0.559. The fourth-order valence-electron chi connectivity index (χ4n) is 2.73. The minimum atomic E-state index is -0.115. The first kappa shape index (κ1) is 17.5. The molecule has 7 nitrogen and oxygen atoms in total. The fraction of sp³-hybridized carbons (Fsp3) is 0.0952. The van der Waals surface area contributed by atoms with Crippen molar-refractivity contribution in [2.45, 2.75) is 13.8 Å². The second-order valence-corrected chi connectivity index (χ2v) is 6.23. The molecule has 2 aromatic carbocycles. The highest BCUT2D eigenvalue weighted by Crippen LogP contribution is 2.27. The molecular formula is C21H21N5O2. The van der Waals surface area contributed by atoms with Crippen LogP contribution >= 0.6 is 0 Å². The standard InChI is InChI=1S/C21H17N5O2.2H2/c1-13-19(21-26-25-20(28-21)16-6-4-3-5-7-16)24-18(12-22-13)15-8-10-17(11-9-15)23-14(2)27;;/h3-12H,1-2H3,(H,23,27);2*1H. The molecule has 0 unspecified atom stereocenters. The van der Waals surface area contributed by atoms with E-state index in [9.17, 15) is 4.79 Å². The Hall–Kier alpha value is -3.87. The van der Waals surface area contributed by atoms with Gasteiger partial charge in [-0.3, -0.25) is 9.78 Å². The zero-order valence-electron chi connectivity index (χ0n) is 15.4. The van der Waals surface area contributed by atoms with Crippen LogP contribution in [0.4, 0.5) is 5.69 Å². The molecule has 0 saturated carbocycles. The first-order valence-corrected chi connectivity index (χ1v) is 8.71. The zero-order valence-corrected chi connectivity index (χ0v) is 15.4. The lowest BCUT2D eigenvalue weighted by Gasteiger charge is -2.06. The van der Waals surface area contributed by atoms with E-state index in [1.54, 1.807) is 6.20 Å². The molecule has 0 radical (unpaired) electrons. The van der Waals surface area contributed by atoms with Crippen LogP contribution < -0.4 is 5.32 Å². The third-order valence-corrected chi connectivity index (χ3v) is 4.10. The third-order valence-electron chi connectivity index (χ3n) is 4.10. The van der Waals surface area contributed by atoms with Gasteiger partial charge >= 0.3 is 0 Å². The Labute approximate surface area is 164 Å². The number of carbonyl (C=O) groups is 1. The van der Waals surface area contributed by atoms with Crippen LogP contribution in [-0.4, -0.2) is 26.1 Å². The van der Waals surface area contributed by atoms with Crippen molar-refractivity contribution in [2.75, 3.05) is 5.32 Å². The van der Waals surface area contributed by atoms with Gasteiger partial charge in [-0.2, -0.15) is 0 Å². The molecule has 28 heavy (non-hydrogen) atoms. The molecule has 0 aliphatic heterocycles. The smallest absolute Gasteiger partial charge is 0.268 e. The van der Waals surface area contributed by atoms with E-state index in [0.29, 0.717) is 28.9 Å². The number of benzene rings is 2. The van der Waals surface area contributed by atoms with Gasteiger partial charge in [0.05, 0.1) is 17.6 Å². The van der Waals surface area contributed by atoms with E-state index >= 15 is 0 Å². The number of aromatic nitrogens is 4. The predicted octanol–water partition coefficient (Wildman–Crippen LogP) is 4.62. The minimum absolute atomic E-state index is 0. The van der Waals surface area contributed by atoms with Gasteiger partial charge in [-0.25, -0.2) is 4.98 Å². The topological polar surface area (TPSA) is 93.8 Å². The van der Waals surface area contributed by atoms with E-state index in [1.807, 2.05) is 61.5 Å². The first-order valence-electron chi connectivity index (χ1n) is 8.71. The molecule has 4 rings (SSSR count). The molecule has 7 heteroatoms. The van der Waals surface area contributed by atoms with Crippen molar-refractivity contribution in [2.24, 2.45) is 0 Å². The Balaban J connectivity index is 0.00000160. The van der Waals surface area contributed by atoms with Gasteiger partial charge in [0.25, 0.3) is 5.89 Å². The molecule has 0 spiro atoms. The highest BCUT2D eigenvalue weighted by atomic mass is 16.4. The number of nitrogens with one attached hydrogen (secondary N) is 1. The predicted molar refractivity (Wildman–Crippen MR) is 109 cm³/mol. The monoisotopic (exact) mass is 375 g/mol. The second-order valence-electron chi connectivity index (χ2n) is 6.23. The van der Waals surface area contributed by atoms with Crippen LogP contribution in [0.2, 0.25) is 0 Å². The molecule has 0 saturated heterocycles. The van der Waals surface area contributed by atoms with Gasteiger partial charge in [0.15, 0.2) is 0 Å². The number of hydrogen-bond donors (Lipinski definition) is 1. The van der Waals surface area contributed by atoms with Crippen molar-refractivity contribution in [1.82, 2.24) is 20.2 Å². The van der Waals surface area contributed by atoms with Crippen LogP contribution in [-0.2, 0) is 4.79 Å². The Morgan fingerprint density at radius 1 is 0.964 bits per heavy atom. The van der Waals surface area contributed by atoms with E-state index in [-0.39, 0.29) is 8.76 Å². The van der Waals surface area contributed by atoms with E-state index < -0.39 is 0 Å². The Morgan fingerprint density at radius 2 is 1.68 bits per heavy atom. The van der Waals surface area contributed by atoms with Gasteiger partial charge < -0.3 is 9.73 Å². The van der Waals surface area contributed by atoms with Crippen molar-refractivity contribution < 1.29 is 12.1 Å². The van der Waals surface area contributed by atoms with Crippen LogP contribution in [0.1, 0.15) is 15.5 Å². The molecule has 0 aliphatic carbocycles. The molecule has 2 heterocycles. The second kappa shape index (κ2) is 7.40. The van der Waals surface area contributed by atoms with Crippen LogP contribution in [0.15, 0.2) is 65.2 Å². The van der Waals surface area contributed by atoms with Gasteiger partial charge in [0, 0.05) is 26.6 Å². The molecule has 0 fully saturated rings. The van der Waals surface area contributed by atoms with Gasteiger partial charge in [0.2, 0.25) is 11.8 Å². The largest absolute Gasteiger partial charge is 0.415 e. The third kappa shape index (κ3) is 3.64. The number of carbonyl (C=O) groups excluding carboxylic acids is 1. The number of amides is 1. The van der Waals surface area contributed by atoms with Crippen molar-refractivity contribution in [3.63, 3.8) is 0 Å². The minimum Gasteiger partial charge on any atom is -0.415 e. The lowest BCUT2D eigenvalue weighted by atomic mass is 10.1. The van der Waals surface area contributed by atoms with E-state index in [1.165, 1.54) is 6.92 Å². The van der Waals surface area contributed by atoms with Crippen LogP contribution in [0.5, 0.6) is 0 Å². The number of hydrogen-bond acceptors (Lipinski definition) is 6. The molecule has 2 aromatic heterocycles. The summed E-state index contributed by atoms with van der Waals surface area (Å²) < 4.78 is 5.82. The summed E-state index contributed by atoms with van der Waals surface area (Å²) in [5, 5.41) is 11.0. The van der Waals surface area contributed by atoms with E-state index in [0.717, 1.165) is 16.8 Å². The number of anilines is 1. The highest BCUT2D eigenvalue weighted by molar-refractivity contribution is 5.88. The maximum absolute atomic E-state index is 11.2. The summed E-state index contributed by atoms with van der Waals surface area (Å²) in [4.78, 5) is 20.2. The maximum Gasteiger partial charge on any atom is 0.268 e. The van der Waals surface area contributed by atoms with E-state index in [4.69, 9.17) is 4.42 Å². The Morgan fingerprint density at radius 3 is 2.39 bits per heavy atom. The molecule has 0 aliphatic rings. The molecular weight excluding hydrogens is 354 g/mol. The van der Waals surface area contributed by atoms with Gasteiger partial charge in [-0.15, -0.1) is 10.2 Å². The maximum atomic E-state index is 11.2. The molecule has 0 bridgehead atoms. The summed E-state index contributed by atoms with van der Waals surface area (Å²) >= 11 is 0. The molecule has 1 amide bonds. The zero-order chi connectivity index (χ0) is 19.5. The SMILES string of the molecule is CC(=O)Nc1ccc(-c2cnc(C)c(-c3nnc(-c4ccccc4)o3)n2)cc1.[HH].[HH]. The van der Waals surface area contributed by atoms with Crippen molar-refractivity contribution in [3.8, 4) is 34.3 Å². The normalized spacial score (nSPS) is 10.6. The summed E-state index contributed by atoms with van der Waals surface area (Å²) in [5.74, 6) is 0.637. The molecule has 142 valence electrons. The summed E-state index contributed by atoms with van der Waals surface area (Å²) in [6, 6.07) is 16.9. The fourth-order valence-corrected chi connectivity index (χ4v) is 2.73. The van der Waals surface area contributed by atoms with Crippen LogP contribution in [0.3, 0.4) is 0 Å². The first-order chi connectivity index (χ1) is 13.6. The summed E-state index contributed by atoms with van der Waals surface area (Å²) in [6.07, 6.45) is 1.70. The summed E-state index contributed by atoms with van der Waals surface area (Å²) in [7, 11) is 0. The number of aryl methyl sites for hydroxylation is 1. The van der Waals surface area contributed by atoms with Crippen molar-refractivity contribution >= 4 is 11.6 Å². The lowest BCUT2D eigenvalue weighted by Crippen LogP contribution is -2.05. The number of nitrogens with zero attached hydrogens (tertiary/aromatic N) is 4. The summed E-state index contributed by atoms with van der Waals surface area (Å²) in [5.41, 5.74) is 4.35. The van der Waals surface area contributed by atoms with E-state index in [2.05, 4.69) is 25.5 Å². The van der Waals surface area contributed by atoms with Crippen molar-refractivity contribution in [3.05, 3.63) is 66.5 Å². The lowest BCUT2D eigenvalue weighted by molar-refractivity contribution is -0.114. The van der Waals surface area contributed by atoms with Gasteiger partial charge in [-0.1, -0.05) is 30.3 Å². The van der Waals surface area contributed by atoms with Crippen molar-refractivity contribution in [1.29, 1.82) is 0 Å². The summed E-state index contributed by atoms with van der Waals surface area (Å²) in [6.45, 7) is 3.32. The van der Waals surface area contributed by atoms with Crippen LogP contribution in [0.25, 0.3) is 34.3 Å². The molecule has 1 N–H and O–H groups in total. The Bertz CT molecular complexity index is 1130. The molecule has 0 atom stereocenters. The van der Waals surface area contributed by atoms with Gasteiger partial charge in [-0.05, 0) is 31.2 Å². The van der Waals surface area contributed by atoms with Gasteiger partial charge in [0.1, 0.15) is 5.69 Å². The average molecular weight is 375 g/mol. The number of rotatable bonds is 4.